The van der Waals surface area contributed by atoms with Crippen LogP contribution in [0.2, 0.25) is 0 Å². The van der Waals surface area contributed by atoms with Crippen LogP contribution in [0.15, 0.2) is 27.8 Å². The molecule has 166 valence electrons. The summed E-state index contributed by atoms with van der Waals surface area (Å²) in [5.41, 5.74) is 0.829. The summed E-state index contributed by atoms with van der Waals surface area (Å²) in [5.74, 6) is 2.16. The van der Waals surface area contributed by atoms with E-state index in [1.165, 1.54) is 16.2 Å². The van der Waals surface area contributed by atoms with Gasteiger partial charge in [0.25, 0.3) is 5.56 Å². The smallest absolute Gasteiger partial charge is 0.332 e. The lowest BCUT2D eigenvalue weighted by atomic mass is 10.1. The molecule has 1 aliphatic heterocycles. The van der Waals surface area contributed by atoms with E-state index < -0.39 is 5.69 Å². The lowest BCUT2D eigenvalue weighted by Gasteiger charge is -2.33. The Balaban J connectivity index is 1.96. The first kappa shape index (κ1) is 21.0. The van der Waals surface area contributed by atoms with Crippen LogP contribution < -0.4 is 25.6 Å². The zero-order valence-electron chi connectivity index (χ0n) is 18.4. The second-order valence-corrected chi connectivity index (χ2v) is 7.74. The molecule has 0 saturated carbocycles. The van der Waals surface area contributed by atoms with E-state index in [9.17, 15) is 9.59 Å². The summed E-state index contributed by atoms with van der Waals surface area (Å²) in [4.78, 5) is 32.8. The number of ether oxygens (including phenoxy) is 3. The minimum absolute atomic E-state index is 0.185. The summed E-state index contributed by atoms with van der Waals surface area (Å²) in [6, 6.07) is 5.59. The molecule has 3 aromatic rings. The Bertz CT molecular complexity index is 1240. The molecule has 0 spiro atoms. The fraction of sp³-hybridized carbons (Fsp3) is 0.476. The van der Waals surface area contributed by atoms with Gasteiger partial charge in [-0.25, -0.2) is 4.79 Å². The number of aryl methyl sites for hydroxylation is 1. The Hall–Kier alpha value is -3.27. The Morgan fingerprint density at radius 3 is 2.58 bits per heavy atom. The number of anilines is 2. The van der Waals surface area contributed by atoms with Crippen LogP contribution in [0.1, 0.15) is 6.92 Å². The van der Waals surface area contributed by atoms with Gasteiger partial charge in [-0.05, 0) is 18.1 Å². The second-order valence-electron chi connectivity index (χ2n) is 7.74. The van der Waals surface area contributed by atoms with Gasteiger partial charge < -0.3 is 23.7 Å². The summed E-state index contributed by atoms with van der Waals surface area (Å²) in [7, 11) is 6.38. The Labute approximate surface area is 179 Å². The summed E-state index contributed by atoms with van der Waals surface area (Å²) in [6.45, 7) is 3.89. The van der Waals surface area contributed by atoms with Crippen molar-refractivity contribution in [1.82, 2.24) is 18.7 Å². The third-order valence-corrected chi connectivity index (χ3v) is 5.64. The highest BCUT2D eigenvalue weighted by Crippen LogP contribution is 2.39. The largest absolute Gasteiger partial charge is 0.497 e. The molecular formula is C21H27N5O5. The maximum Gasteiger partial charge on any atom is 0.332 e. The molecule has 0 unspecified atom stereocenters. The quantitative estimate of drug-likeness (QED) is 0.584. The monoisotopic (exact) mass is 429 g/mol. The van der Waals surface area contributed by atoms with E-state index in [-0.39, 0.29) is 24.6 Å². The van der Waals surface area contributed by atoms with Gasteiger partial charge in [0.1, 0.15) is 11.5 Å². The number of fused-ring (bicyclic) bond motifs is 3. The van der Waals surface area contributed by atoms with Gasteiger partial charge in [0.05, 0.1) is 33.1 Å². The molecule has 2 aromatic heterocycles. The molecule has 10 nitrogen and oxygen atoms in total. The van der Waals surface area contributed by atoms with Crippen LogP contribution in [0.25, 0.3) is 11.2 Å². The third kappa shape index (κ3) is 3.36. The van der Waals surface area contributed by atoms with Gasteiger partial charge in [-0.3, -0.25) is 13.9 Å². The summed E-state index contributed by atoms with van der Waals surface area (Å²) in [5, 5.41) is 0. The van der Waals surface area contributed by atoms with Crippen LogP contribution in [0.3, 0.4) is 0 Å². The van der Waals surface area contributed by atoms with Gasteiger partial charge in [-0.15, -0.1) is 0 Å². The predicted octanol–water partition coefficient (Wildman–Crippen LogP) is 1.35. The first-order valence-electron chi connectivity index (χ1n) is 10.1. The van der Waals surface area contributed by atoms with Crippen molar-refractivity contribution >= 4 is 22.8 Å². The molecule has 0 amide bonds. The van der Waals surface area contributed by atoms with Crippen molar-refractivity contribution in [2.24, 2.45) is 13.0 Å². The van der Waals surface area contributed by atoms with Crippen molar-refractivity contribution < 1.29 is 14.2 Å². The SMILES string of the molecule is COCCn1c(=O)c2c(nc3n2C[C@@H](C)CN3c2ccc(OC)cc2OC)n(C)c1=O. The van der Waals surface area contributed by atoms with Gasteiger partial charge >= 0.3 is 5.69 Å². The molecule has 4 rings (SSSR count). The molecule has 10 heteroatoms. The molecule has 3 heterocycles. The van der Waals surface area contributed by atoms with Crippen molar-refractivity contribution in [2.75, 3.05) is 39.4 Å². The number of benzene rings is 1. The highest BCUT2D eigenvalue weighted by molar-refractivity contribution is 5.78. The Morgan fingerprint density at radius 2 is 1.90 bits per heavy atom. The minimum atomic E-state index is -0.411. The van der Waals surface area contributed by atoms with Crippen molar-refractivity contribution in [3.05, 3.63) is 39.0 Å². The highest BCUT2D eigenvalue weighted by atomic mass is 16.5. The second kappa shape index (κ2) is 8.10. The number of hydrogen-bond donors (Lipinski definition) is 0. The molecule has 1 aliphatic rings. The van der Waals surface area contributed by atoms with E-state index in [1.54, 1.807) is 21.3 Å². The van der Waals surface area contributed by atoms with Crippen molar-refractivity contribution in [2.45, 2.75) is 20.0 Å². The summed E-state index contributed by atoms with van der Waals surface area (Å²) >= 11 is 0. The van der Waals surface area contributed by atoms with Crippen molar-refractivity contribution in [1.29, 1.82) is 0 Å². The lowest BCUT2D eigenvalue weighted by Crippen LogP contribution is -2.41. The van der Waals surface area contributed by atoms with E-state index in [0.29, 0.717) is 41.7 Å². The zero-order chi connectivity index (χ0) is 22.3. The molecule has 0 N–H and O–H groups in total. The average Bonchev–Trinajstić information content (AvgIpc) is 3.16. The number of hydrogen-bond acceptors (Lipinski definition) is 7. The van der Waals surface area contributed by atoms with Gasteiger partial charge in [0, 0.05) is 33.3 Å². The normalized spacial score (nSPS) is 15.9. The van der Waals surface area contributed by atoms with E-state index in [0.717, 1.165) is 5.69 Å². The van der Waals surface area contributed by atoms with Gasteiger partial charge in [0.2, 0.25) is 5.95 Å². The summed E-state index contributed by atoms with van der Waals surface area (Å²) in [6.07, 6.45) is 0. The van der Waals surface area contributed by atoms with Crippen LogP contribution >= 0.6 is 0 Å². The Kier molecular flexibility index (Phi) is 5.48. The maximum atomic E-state index is 13.3. The first-order chi connectivity index (χ1) is 14.9. The average molecular weight is 429 g/mol. The topological polar surface area (TPSA) is 92.8 Å². The number of methoxy groups -OCH3 is 3. The molecule has 1 atom stereocenters. The molecule has 0 aliphatic carbocycles. The zero-order valence-corrected chi connectivity index (χ0v) is 18.4. The van der Waals surface area contributed by atoms with E-state index >= 15 is 0 Å². The number of nitrogens with zero attached hydrogens (tertiary/aromatic N) is 5. The van der Waals surface area contributed by atoms with Crippen molar-refractivity contribution in [3.8, 4) is 11.5 Å². The molecule has 0 bridgehead atoms. The molecule has 0 radical (unpaired) electrons. The molecule has 0 fully saturated rings. The summed E-state index contributed by atoms with van der Waals surface area (Å²) < 4.78 is 20.5. The fourth-order valence-electron chi connectivity index (χ4n) is 4.10. The standard InChI is InChI=1S/C21H27N5O5/c1-13-11-25(15-7-6-14(30-4)10-16(15)31-5)20-22-18-17(26(20)12-13)19(27)24(8-9-29-3)21(28)23(18)2/h6-7,10,13H,8-9,11-12H2,1-5H3/t13-/m0/s1. The molecule has 0 saturated heterocycles. The van der Waals surface area contributed by atoms with Crippen LogP contribution in [-0.4, -0.2) is 53.2 Å². The van der Waals surface area contributed by atoms with Crippen LogP contribution in [0.4, 0.5) is 11.6 Å². The minimum Gasteiger partial charge on any atom is -0.497 e. The lowest BCUT2D eigenvalue weighted by molar-refractivity contribution is 0.184. The van der Waals surface area contributed by atoms with Crippen molar-refractivity contribution in [3.63, 3.8) is 0 Å². The van der Waals surface area contributed by atoms with Gasteiger partial charge in [-0.2, -0.15) is 4.98 Å². The fourth-order valence-corrected chi connectivity index (χ4v) is 4.10. The van der Waals surface area contributed by atoms with E-state index in [1.807, 2.05) is 27.7 Å². The van der Waals surface area contributed by atoms with E-state index in [4.69, 9.17) is 19.2 Å². The molecular weight excluding hydrogens is 402 g/mol. The number of imidazole rings is 1. The van der Waals surface area contributed by atoms with Gasteiger partial charge in [0.15, 0.2) is 11.2 Å². The molecule has 31 heavy (non-hydrogen) atoms. The van der Waals surface area contributed by atoms with Crippen LogP contribution in [0, 0.1) is 5.92 Å². The van der Waals surface area contributed by atoms with Gasteiger partial charge in [-0.1, -0.05) is 6.92 Å². The van der Waals surface area contributed by atoms with Crippen LogP contribution in [-0.2, 0) is 24.9 Å². The number of rotatable bonds is 6. The van der Waals surface area contributed by atoms with E-state index in [2.05, 4.69) is 6.92 Å². The third-order valence-electron chi connectivity index (χ3n) is 5.64. The predicted molar refractivity (Wildman–Crippen MR) is 117 cm³/mol. The Morgan fingerprint density at radius 1 is 1.13 bits per heavy atom. The maximum absolute atomic E-state index is 13.3. The van der Waals surface area contributed by atoms with Crippen LogP contribution in [0.5, 0.6) is 11.5 Å². The first-order valence-corrected chi connectivity index (χ1v) is 10.1. The highest BCUT2D eigenvalue weighted by Gasteiger charge is 2.31. The number of aromatic nitrogens is 4. The molecule has 1 aromatic carbocycles.